The number of allylic oxidation sites excluding steroid dienone is 1. The number of carbonyl (C=O) groups excluding carboxylic acids is 2. The molecule has 0 radical (unpaired) electrons. The Balaban J connectivity index is 4.69. The summed E-state index contributed by atoms with van der Waals surface area (Å²) in [5.41, 5.74) is -0.490. The Morgan fingerprint density at radius 1 is 1.30 bits per heavy atom. The predicted molar refractivity (Wildman–Crippen MR) is 68.1 cm³/mol. The van der Waals surface area contributed by atoms with Crippen LogP contribution < -0.4 is 5.32 Å². The van der Waals surface area contributed by atoms with Crippen LogP contribution in [0.2, 0.25) is 0 Å². The van der Waals surface area contributed by atoms with E-state index in [0.29, 0.717) is 31.6 Å². The number of hydrogen-bond acceptors (Lipinski definition) is 3. The van der Waals surface area contributed by atoms with Gasteiger partial charge in [0.25, 0.3) is 0 Å². The van der Waals surface area contributed by atoms with E-state index in [1.807, 2.05) is 0 Å². The molecule has 0 heterocycles. The van der Waals surface area contributed by atoms with Crippen molar-refractivity contribution in [3.05, 3.63) is 11.8 Å². The topological polar surface area (TPSA) is 55.4 Å². The maximum absolute atomic E-state index is 12.2. The smallest absolute Gasteiger partial charge is 0.461 e. The molecule has 1 N–H and O–H groups in total. The molecule has 0 aliphatic heterocycles. The normalized spacial score (nSPS) is 12.2. The van der Waals surface area contributed by atoms with Gasteiger partial charge in [-0.15, -0.1) is 11.6 Å². The average molecular weight is 316 g/mol. The van der Waals surface area contributed by atoms with Crippen molar-refractivity contribution >= 4 is 23.5 Å². The third-order valence-electron chi connectivity index (χ3n) is 2.10. The van der Waals surface area contributed by atoms with E-state index in [1.54, 1.807) is 6.92 Å². The number of halogens is 4. The molecule has 4 nitrogen and oxygen atoms in total. The third kappa shape index (κ3) is 8.04. The minimum Gasteiger partial charge on any atom is -0.461 e. The summed E-state index contributed by atoms with van der Waals surface area (Å²) < 4.78 is 41.2. The second kappa shape index (κ2) is 9.63. The first-order valence-electron chi connectivity index (χ1n) is 6.14. The van der Waals surface area contributed by atoms with E-state index in [4.69, 9.17) is 16.3 Å². The van der Waals surface area contributed by atoms with Crippen molar-refractivity contribution in [1.29, 1.82) is 0 Å². The van der Waals surface area contributed by atoms with Crippen LogP contribution in [0.5, 0.6) is 0 Å². The molecule has 0 bridgehead atoms. The molecule has 8 heteroatoms. The Hall–Kier alpha value is -1.24. The van der Waals surface area contributed by atoms with Gasteiger partial charge in [0.2, 0.25) is 0 Å². The van der Waals surface area contributed by atoms with E-state index in [1.165, 1.54) is 11.4 Å². The summed E-state index contributed by atoms with van der Waals surface area (Å²) in [6, 6.07) is 0. The van der Waals surface area contributed by atoms with Gasteiger partial charge in [-0.2, -0.15) is 13.2 Å². The van der Waals surface area contributed by atoms with Crippen LogP contribution in [-0.4, -0.2) is 30.5 Å². The highest BCUT2D eigenvalue weighted by Gasteiger charge is 2.39. The van der Waals surface area contributed by atoms with Crippen LogP contribution in [0.4, 0.5) is 13.2 Å². The molecule has 0 aliphatic rings. The standard InChI is InChI=1S/C12H17ClF3NO3/c1-2-8-20-10(18)9(6-4-3-5-7-13)17-11(19)12(14,15)16/h6H,2-5,7-8H2,1H3,(H,17,19). The van der Waals surface area contributed by atoms with E-state index in [-0.39, 0.29) is 6.61 Å². The molecular weight excluding hydrogens is 299 g/mol. The maximum Gasteiger partial charge on any atom is 0.471 e. The second-order valence-electron chi connectivity index (χ2n) is 3.89. The summed E-state index contributed by atoms with van der Waals surface area (Å²) in [5.74, 6) is -2.76. The molecule has 0 saturated carbocycles. The molecule has 0 unspecified atom stereocenters. The van der Waals surface area contributed by atoms with Gasteiger partial charge in [0, 0.05) is 5.88 Å². The quantitative estimate of drug-likeness (QED) is 0.324. The van der Waals surface area contributed by atoms with E-state index < -0.39 is 23.7 Å². The number of hydrogen-bond donors (Lipinski definition) is 1. The van der Waals surface area contributed by atoms with Gasteiger partial charge >= 0.3 is 18.1 Å². The van der Waals surface area contributed by atoms with E-state index in [0.717, 1.165) is 0 Å². The lowest BCUT2D eigenvalue weighted by molar-refractivity contribution is -0.173. The molecule has 0 spiro atoms. The van der Waals surface area contributed by atoms with Gasteiger partial charge in [-0.1, -0.05) is 13.0 Å². The van der Waals surface area contributed by atoms with E-state index in [2.05, 4.69) is 0 Å². The monoisotopic (exact) mass is 315 g/mol. The van der Waals surface area contributed by atoms with Crippen molar-refractivity contribution in [3.63, 3.8) is 0 Å². The zero-order valence-electron chi connectivity index (χ0n) is 11.1. The molecular formula is C12H17ClF3NO3. The number of unbranched alkanes of at least 4 members (excludes halogenated alkanes) is 2. The zero-order chi connectivity index (χ0) is 15.6. The summed E-state index contributed by atoms with van der Waals surface area (Å²) in [6.45, 7) is 1.81. The number of nitrogens with one attached hydrogen (secondary N) is 1. The summed E-state index contributed by atoms with van der Waals surface area (Å²) in [7, 11) is 0. The van der Waals surface area contributed by atoms with Crippen LogP contribution in [0.1, 0.15) is 32.6 Å². The first-order valence-corrected chi connectivity index (χ1v) is 6.67. The van der Waals surface area contributed by atoms with Gasteiger partial charge in [0.1, 0.15) is 5.70 Å². The number of esters is 1. The molecule has 0 aromatic heterocycles. The van der Waals surface area contributed by atoms with Crippen molar-refractivity contribution in [2.45, 2.75) is 38.8 Å². The van der Waals surface area contributed by atoms with Crippen LogP contribution >= 0.6 is 11.6 Å². The molecule has 116 valence electrons. The highest BCUT2D eigenvalue weighted by atomic mass is 35.5. The molecule has 0 aliphatic carbocycles. The summed E-state index contributed by atoms with van der Waals surface area (Å²) in [6.07, 6.45) is -1.74. The lowest BCUT2D eigenvalue weighted by atomic mass is 10.2. The first-order chi connectivity index (χ1) is 9.32. The third-order valence-corrected chi connectivity index (χ3v) is 2.37. The Morgan fingerprint density at radius 2 is 1.95 bits per heavy atom. The fourth-order valence-electron chi connectivity index (χ4n) is 1.14. The SMILES string of the molecule is CCCOC(=O)C(=CCCCCCl)NC(=O)C(F)(F)F. The van der Waals surface area contributed by atoms with Crippen LogP contribution in [-0.2, 0) is 14.3 Å². The van der Waals surface area contributed by atoms with Gasteiger partial charge in [0.15, 0.2) is 0 Å². The first kappa shape index (κ1) is 18.8. The van der Waals surface area contributed by atoms with Crippen molar-refractivity contribution < 1.29 is 27.5 Å². The lowest BCUT2D eigenvalue weighted by Crippen LogP contribution is -2.38. The van der Waals surface area contributed by atoms with Crippen molar-refractivity contribution in [1.82, 2.24) is 5.32 Å². The van der Waals surface area contributed by atoms with Crippen LogP contribution in [0, 0.1) is 0 Å². The molecule has 0 aromatic rings. The van der Waals surface area contributed by atoms with Gasteiger partial charge < -0.3 is 10.1 Å². The van der Waals surface area contributed by atoms with Gasteiger partial charge in [-0.05, 0) is 25.7 Å². The average Bonchev–Trinajstić information content (AvgIpc) is 2.38. The Kier molecular flexibility index (Phi) is 9.03. The maximum atomic E-state index is 12.2. The summed E-state index contributed by atoms with van der Waals surface area (Å²) in [4.78, 5) is 22.4. The van der Waals surface area contributed by atoms with Gasteiger partial charge in [-0.25, -0.2) is 4.79 Å². The number of alkyl halides is 4. The Morgan fingerprint density at radius 3 is 2.45 bits per heavy atom. The Bertz CT molecular complexity index is 356. The van der Waals surface area contributed by atoms with Crippen molar-refractivity contribution in [3.8, 4) is 0 Å². The number of carbonyl (C=O) groups is 2. The van der Waals surface area contributed by atoms with E-state index in [9.17, 15) is 22.8 Å². The minimum absolute atomic E-state index is 0.0692. The zero-order valence-corrected chi connectivity index (χ0v) is 11.8. The summed E-state index contributed by atoms with van der Waals surface area (Å²) in [5, 5.41) is 1.53. The lowest BCUT2D eigenvalue weighted by Gasteiger charge is -2.11. The highest BCUT2D eigenvalue weighted by molar-refractivity contribution is 6.17. The summed E-state index contributed by atoms with van der Waals surface area (Å²) >= 11 is 5.46. The molecule has 0 rings (SSSR count). The van der Waals surface area contributed by atoms with Crippen LogP contribution in [0.15, 0.2) is 11.8 Å². The fraction of sp³-hybridized carbons (Fsp3) is 0.667. The largest absolute Gasteiger partial charge is 0.471 e. The number of amides is 1. The molecule has 0 saturated heterocycles. The minimum atomic E-state index is -5.06. The second-order valence-corrected chi connectivity index (χ2v) is 4.27. The molecule has 20 heavy (non-hydrogen) atoms. The Labute approximate surface area is 120 Å². The van der Waals surface area contributed by atoms with E-state index >= 15 is 0 Å². The predicted octanol–water partition coefficient (Wildman–Crippen LogP) is 2.91. The molecule has 0 aromatic carbocycles. The molecule has 0 atom stereocenters. The van der Waals surface area contributed by atoms with Crippen molar-refractivity contribution in [2.24, 2.45) is 0 Å². The van der Waals surface area contributed by atoms with Gasteiger partial charge in [0.05, 0.1) is 6.61 Å². The fourth-order valence-corrected chi connectivity index (χ4v) is 1.33. The van der Waals surface area contributed by atoms with Gasteiger partial charge in [-0.3, -0.25) is 4.79 Å². The number of ether oxygens (including phenoxy) is 1. The molecule has 0 fully saturated rings. The number of rotatable bonds is 8. The van der Waals surface area contributed by atoms with Crippen LogP contribution in [0.3, 0.4) is 0 Å². The van der Waals surface area contributed by atoms with Crippen molar-refractivity contribution in [2.75, 3.05) is 12.5 Å². The molecule has 1 amide bonds. The highest BCUT2D eigenvalue weighted by Crippen LogP contribution is 2.15. The van der Waals surface area contributed by atoms with Crippen LogP contribution in [0.25, 0.3) is 0 Å².